The van der Waals surface area contributed by atoms with Crippen LogP contribution in [0, 0.1) is 18.0 Å². The fourth-order valence-corrected chi connectivity index (χ4v) is 3.09. The third-order valence-electron chi connectivity index (χ3n) is 4.12. The topological polar surface area (TPSA) is 0 Å². The van der Waals surface area contributed by atoms with Gasteiger partial charge in [0.1, 0.15) is 6.17 Å². The van der Waals surface area contributed by atoms with Crippen LogP contribution in [0.4, 0.5) is 4.39 Å². The van der Waals surface area contributed by atoms with Gasteiger partial charge in [-0.1, -0.05) is 31.9 Å². The molecule has 2 rings (SSSR count). The van der Waals surface area contributed by atoms with Gasteiger partial charge in [-0.05, 0) is 61.1 Å². The molecule has 1 aromatic rings. The normalized spacial score (nSPS) is 23.2. The highest BCUT2D eigenvalue weighted by molar-refractivity contribution is 5.36. The van der Waals surface area contributed by atoms with Crippen LogP contribution in [-0.4, -0.2) is 0 Å². The Balaban J connectivity index is 1.94. The van der Waals surface area contributed by atoms with Crippen molar-refractivity contribution in [2.45, 2.75) is 51.4 Å². The lowest BCUT2D eigenvalue weighted by molar-refractivity contribution is 0.308. The first kappa shape index (κ1) is 13.1. The Morgan fingerprint density at radius 3 is 2.33 bits per heavy atom. The molecule has 0 nitrogen and oxygen atoms in total. The van der Waals surface area contributed by atoms with Gasteiger partial charge >= 0.3 is 0 Å². The van der Waals surface area contributed by atoms with Crippen LogP contribution in [0.3, 0.4) is 0 Å². The van der Waals surface area contributed by atoms with Crippen molar-refractivity contribution in [2.75, 3.05) is 0 Å². The van der Waals surface area contributed by atoms with Crippen LogP contribution >= 0.6 is 0 Å². The zero-order chi connectivity index (χ0) is 12.8. The Morgan fingerprint density at radius 2 is 1.78 bits per heavy atom. The molecule has 18 heavy (non-hydrogen) atoms. The van der Waals surface area contributed by atoms with Gasteiger partial charge in [0.2, 0.25) is 0 Å². The molecule has 0 aliphatic heterocycles. The van der Waals surface area contributed by atoms with Gasteiger partial charge < -0.3 is 0 Å². The highest BCUT2D eigenvalue weighted by atomic mass is 19.1. The van der Waals surface area contributed by atoms with Crippen LogP contribution in [0.2, 0.25) is 0 Å². The molecule has 0 heterocycles. The molecule has 0 unspecified atom stereocenters. The van der Waals surface area contributed by atoms with Gasteiger partial charge in [-0.25, -0.2) is 0 Å². The molecule has 0 radical (unpaired) electrons. The largest absolute Gasteiger partial charge is 0.144 e. The summed E-state index contributed by atoms with van der Waals surface area (Å²) in [5, 5.41) is 0. The monoisotopic (exact) mass is 244 g/mol. The van der Waals surface area contributed by atoms with Crippen molar-refractivity contribution in [2.24, 2.45) is 5.92 Å². The van der Waals surface area contributed by atoms with Gasteiger partial charge in [0.25, 0.3) is 0 Å². The number of halogens is 1. The van der Waals surface area contributed by atoms with Crippen LogP contribution < -0.4 is 0 Å². The maximum absolute atomic E-state index is 11.9. The standard InChI is InChI=1S/C17H21F/c1-2-3-14-4-8-16(9-5-14)17-10-6-15(7-11-17)12-13-18/h6-7,10-11,14,16H,2-5,8-9H2,1H3. The van der Waals surface area contributed by atoms with Gasteiger partial charge in [0, 0.05) is 5.56 Å². The Morgan fingerprint density at radius 1 is 1.11 bits per heavy atom. The first-order valence-electron chi connectivity index (χ1n) is 7.05. The van der Waals surface area contributed by atoms with Crippen molar-refractivity contribution in [1.82, 2.24) is 0 Å². The zero-order valence-electron chi connectivity index (χ0n) is 11.1. The van der Waals surface area contributed by atoms with Gasteiger partial charge in [0.15, 0.2) is 0 Å². The van der Waals surface area contributed by atoms with Crippen LogP contribution in [-0.2, 0) is 0 Å². The SMILES string of the molecule is CCCC1CCC(c2ccc(C#CF)cc2)CC1. The fraction of sp³-hybridized carbons (Fsp3) is 0.529. The smallest absolute Gasteiger partial charge is 0.111 e. The minimum absolute atomic E-state index is 0.700. The summed E-state index contributed by atoms with van der Waals surface area (Å²) in [6.45, 7) is 2.27. The van der Waals surface area contributed by atoms with E-state index in [0.29, 0.717) is 5.92 Å². The molecule has 0 aromatic heterocycles. The molecule has 0 bridgehead atoms. The van der Waals surface area contributed by atoms with Crippen molar-refractivity contribution in [3.8, 4) is 12.1 Å². The summed E-state index contributed by atoms with van der Waals surface area (Å²) >= 11 is 0. The van der Waals surface area contributed by atoms with E-state index in [-0.39, 0.29) is 0 Å². The van der Waals surface area contributed by atoms with Gasteiger partial charge in [0.05, 0.1) is 0 Å². The molecule has 96 valence electrons. The van der Waals surface area contributed by atoms with E-state index < -0.39 is 0 Å². The van der Waals surface area contributed by atoms with E-state index in [0.717, 1.165) is 11.5 Å². The summed E-state index contributed by atoms with van der Waals surface area (Å²) in [6.07, 6.45) is 9.49. The molecule has 0 saturated heterocycles. The van der Waals surface area contributed by atoms with E-state index in [1.165, 1.54) is 50.3 Å². The lowest BCUT2D eigenvalue weighted by Crippen LogP contribution is -2.13. The molecule has 1 aromatic carbocycles. The molecule has 1 heteroatoms. The average molecular weight is 244 g/mol. The third kappa shape index (κ3) is 3.35. The first-order valence-corrected chi connectivity index (χ1v) is 7.05. The number of benzene rings is 1. The Bertz CT molecular complexity index is 413. The molecular formula is C17H21F. The maximum atomic E-state index is 11.9. The average Bonchev–Trinajstić information content (AvgIpc) is 2.41. The van der Waals surface area contributed by atoms with Crippen LogP contribution in [0.15, 0.2) is 24.3 Å². The summed E-state index contributed by atoms with van der Waals surface area (Å²) in [5.74, 6) is 4.09. The Kier molecular flexibility index (Phi) is 4.81. The molecule has 1 aliphatic rings. The van der Waals surface area contributed by atoms with Gasteiger partial charge in [-0.2, -0.15) is 0 Å². The van der Waals surface area contributed by atoms with Crippen molar-refractivity contribution in [3.63, 3.8) is 0 Å². The lowest BCUT2D eigenvalue weighted by atomic mass is 9.77. The van der Waals surface area contributed by atoms with Gasteiger partial charge in [-0.3, -0.25) is 0 Å². The molecule has 0 amide bonds. The molecule has 0 spiro atoms. The second-order valence-corrected chi connectivity index (χ2v) is 5.35. The van der Waals surface area contributed by atoms with Crippen molar-refractivity contribution in [3.05, 3.63) is 35.4 Å². The molecular weight excluding hydrogens is 223 g/mol. The predicted octanol–water partition coefficient (Wildman–Crippen LogP) is 5.04. The predicted molar refractivity (Wildman–Crippen MR) is 74.0 cm³/mol. The highest BCUT2D eigenvalue weighted by Gasteiger charge is 2.21. The molecule has 1 saturated carbocycles. The summed E-state index contributed by atoms with van der Waals surface area (Å²) in [5.41, 5.74) is 2.16. The second kappa shape index (κ2) is 6.59. The van der Waals surface area contributed by atoms with Crippen LogP contribution in [0.25, 0.3) is 0 Å². The molecule has 0 atom stereocenters. The molecule has 0 N–H and O–H groups in total. The van der Waals surface area contributed by atoms with E-state index in [1.807, 2.05) is 12.1 Å². The summed E-state index contributed by atoms with van der Waals surface area (Å²) < 4.78 is 11.9. The van der Waals surface area contributed by atoms with E-state index >= 15 is 0 Å². The summed E-state index contributed by atoms with van der Waals surface area (Å²) in [7, 11) is 0. The van der Waals surface area contributed by atoms with Crippen molar-refractivity contribution >= 4 is 0 Å². The van der Waals surface area contributed by atoms with E-state index in [4.69, 9.17) is 0 Å². The summed E-state index contributed by atoms with van der Waals surface area (Å²) in [4.78, 5) is 0. The fourth-order valence-electron chi connectivity index (χ4n) is 3.09. The van der Waals surface area contributed by atoms with E-state index in [2.05, 4.69) is 25.0 Å². The third-order valence-corrected chi connectivity index (χ3v) is 4.12. The number of hydrogen-bond acceptors (Lipinski definition) is 0. The second-order valence-electron chi connectivity index (χ2n) is 5.35. The minimum Gasteiger partial charge on any atom is -0.144 e. The zero-order valence-corrected chi connectivity index (χ0v) is 11.1. The Labute approximate surface area is 110 Å². The van der Waals surface area contributed by atoms with Crippen LogP contribution in [0.1, 0.15) is 62.5 Å². The van der Waals surface area contributed by atoms with Crippen molar-refractivity contribution in [1.29, 1.82) is 0 Å². The quantitative estimate of drug-likeness (QED) is 0.653. The summed E-state index contributed by atoms with van der Waals surface area (Å²) in [6, 6.07) is 8.09. The van der Waals surface area contributed by atoms with E-state index in [9.17, 15) is 4.39 Å². The van der Waals surface area contributed by atoms with E-state index in [1.54, 1.807) is 0 Å². The lowest BCUT2D eigenvalue weighted by Gasteiger charge is -2.28. The number of hydrogen-bond donors (Lipinski definition) is 0. The Hall–Kier alpha value is -1.29. The highest BCUT2D eigenvalue weighted by Crippen LogP contribution is 2.37. The molecule has 1 fully saturated rings. The number of rotatable bonds is 3. The molecule has 1 aliphatic carbocycles. The van der Waals surface area contributed by atoms with Gasteiger partial charge in [-0.15, -0.1) is 4.39 Å². The minimum atomic E-state index is 0.700. The first-order chi connectivity index (χ1) is 8.83. The van der Waals surface area contributed by atoms with Crippen molar-refractivity contribution < 1.29 is 4.39 Å². The van der Waals surface area contributed by atoms with Crippen LogP contribution in [0.5, 0.6) is 0 Å². The maximum Gasteiger partial charge on any atom is 0.111 e.